The topological polar surface area (TPSA) is 74.9 Å². The summed E-state index contributed by atoms with van der Waals surface area (Å²) in [5.74, 6) is -0.297. The molecule has 2 aromatic carbocycles. The van der Waals surface area contributed by atoms with Crippen LogP contribution in [0.2, 0.25) is 0 Å². The molecule has 3 rings (SSSR count). The number of carbonyl (C=O) groups is 1. The van der Waals surface area contributed by atoms with Gasteiger partial charge in [0.05, 0.1) is 17.1 Å². The van der Waals surface area contributed by atoms with E-state index in [9.17, 15) is 9.59 Å². The van der Waals surface area contributed by atoms with Crippen LogP contribution >= 0.6 is 0 Å². The monoisotopic (exact) mass is 331 g/mol. The number of aryl methyl sites for hydroxylation is 2. The van der Waals surface area contributed by atoms with E-state index in [1.54, 1.807) is 48.5 Å². The lowest BCUT2D eigenvalue weighted by Crippen LogP contribution is -2.15. The van der Waals surface area contributed by atoms with Crippen molar-refractivity contribution in [1.29, 1.82) is 5.26 Å². The SMILES string of the molecule is CCn1c(C)cc(=O)c2cc(C(=O)Nc3ccc(C#N)cc3)ccc21. The zero-order valence-electron chi connectivity index (χ0n) is 14.0. The average Bonchev–Trinajstić information content (AvgIpc) is 2.62. The van der Waals surface area contributed by atoms with Gasteiger partial charge in [-0.3, -0.25) is 9.59 Å². The minimum atomic E-state index is -0.297. The summed E-state index contributed by atoms with van der Waals surface area (Å²) < 4.78 is 2.04. The Morgan fingerprint density at radius 3 is 2.52 bits per heavy atom. The summed E-state index contributed by atoms with van der Waals surface area (Å²) in [4.78, 5) is 24.8. The minimum Gasteiger partial charge on any atom is -0.345 e. The molecular formula is C20H17N3O2. The normalized spacial score (nSPS) is 10.4. The number of amides is 1. The number of anilines is 1. The van der Waals surface area contributed by atoms with Crippen LogP contribution in [0.1, 0.15) is 28.5 Å². The van der Waals surface area contributed by atoms with Gasteiger partial charge in [0.1, 0.15) is 0 Å². The van der Waals surface area contributed by atoms with Crippen molar-refractivity contribution in [2.45, 2.75) is 20.4 Å². The predicted octanol–water partition coefficient (Wildman–Crippen LogP) is 3.45. The Hall–Kier alpha value is -3.39. The standard InChI is InChI=1S/C20H17N3O2/c1-3-23-13(2)10-19(24)17-11-15(6-9-18(17)23)20(25)22-16-7-4-14(12-21)5-8-16/h4-11H,3H2,1-2H3,(H,22,25). The molecule has 0 aliphatic heterocycles. The second-order valence-electron chi connectivity index (χ2n) is 5.77. The van der Waals surface area contributed by atoms with E-state index in [1.165, 1.54) is 0 Å². The van der Waals surface area contributed by atoms with E-state index in [0.717, 1.165) is 17.8 Å². The van der Waals surface area contributed by atoms with Crippen molar-refractivity contribution >= 4 is 22.5 Å². The van der Waals surface area contributed by atoms with Gasteiger partial charge in [-0.05, 0) is 56.3 Å². The van der Waals surface area contributed by atoms with Gasteiger partial charge in [0.2, 0.25) is 0 Å². The Kier molecular flexibility index (Phi) is 4.36. The molecule has 0 fully saturated rings. The molecule has 3 aromatic rings. The third kappa shape index (κ3) is 3.15. The Labute approximate surface area is 145 Å². The van der Waals surface area contributed by atoms with Crippen LogP contribution in [0.3, 0.4) is 0 Å². The molecule has 0 aliphatic rings. The van der Waals surface area contributed by atoms with Crippen molar-refractivity contribution in [3.05, 3.63) is 75.6 Å². The van der Waals surface area contributed by atoms with Crippen LogP contribution in [0.15, 0.2) is 53.3 Å². The summed E-state index contributed by atoms with van der Waals surface area (Å²) in [6.07, 6.45) is 0. The summed E-state index contributed by atoms with van der Waals surface area (Å²) in [5.41, 5.74) is 3.17. The minimum absolute atomic E-state index is 0.0924. The maximum absolute atomic E-state index is 12.5. The van der Waals surface area contributed by atoms with Crippen molar-refractivity contribution in [3.63, 3.8) is 0 Å². The molecule has 25 heavy (non-hydrogen) atoms. The lowest BCUT2D eigenvalue weighted by molar-refractivity contribution is 0.102. The van der Waals surface area contributed by atoms with Gasteiger partial charge in [0.15, 0.2) is 5.43 Å². The highest BCUT2D eigenvalue weighted by Crippen LogP contribution is 2.17. The fraction of sp³-hybridized carbons (Fsp3) is 0.150. The first-order chi connectivity index (χ1) is 12.0. The first kappa shape index (κ1) is 16.5. The molecular weight excluding hydrogens is 314 g/mol. The van der Waals surface area contributed by atoms with E-state index in [2.05, 4.69) is 5.32 Å². The Bertz CT molecular complexity index is 1060. The average molecular weight is 331 g/mol. The fourth-order valence-corrected chi connectivity index (χ4v) is 2.90. The van der Waals surface area contributed by atoms with E-state index in [4.69, 9.17) is 5.26 Å². The number of fused-ring (bicyclic) bond motifs is 1. The van der Waals surface area contributed by atoms with Gasteiger partial charge < -0.3 is 9.88 Å². The number of hydrogen-bond acceptors (Lipinski definition) is 3. The van der Waals surface area contributed by atoms with Crippen molar-refractivity contribution < 1.29 is 4.79 Å². The number of nitriles is 1. The quantitative estimate of drug-likeness (QED) is 0.798. The highest BCUT2D eigenvalue weighted by Gasteiger charge is 2.11. The number of aromatic nitrogens is 1. The van der Waals surface area contributed by atoms with E-state index in [0.29, 0.717) is 22.2 Å². The fourth-order valence-electron chi connectivity index (χ4n) is 2.90. The number of benzene rings is 2. The highest BCUT2D eigenvalue weighted by atomic mass is 16.1. The molecule has 0 radical (unpaired) electrons. The van der Waals surface area contributed by atoms with E-state index in [1.807, 2.05) is 24.5 Å². The lowest BCUT2D eigenvalue weighted by Gasteiger charge is -2.13. The van der Waals surface area contributed by atoms with Crippen LogP contribution in [-0.4, -0.2) is 10.5 Å². The van der Waals surface area contributed by atoms with E-state index >= 15 is 0 Å². The number of nitrogens with zero attached hydrogens (tertiary/aromatic N) is 2. The smallest absolute Gasteiger partial charge is 0.255 e. The highest BCUT2D eigenvalue weighted by molar-refractivity contribution is 6.06. The first-order valence-corrected chi connectivity index (χ1v) is 7.99. The van der Waals surface area contributed by atoms with Crippen molar-refractivity contribution in [2.75, 3.05) is 5.32 Å². The van der Waals surface area contributed by atoms with Gasteiger partial charge in [-0.15, -0.1) is 0 Å². The Morgan fingerprint density at radius 2 is 1.88 bits per heavy atom. The number of pyridine rings is 1. The van der Waals surface area contributed by atoms with Crippen molar-refractivity contribution in [3.8, 4) is 6.07 Å². The van der Waals surface area contributed by atoms with Gasteiger partial charge in [-0.2, -0.15) is 5.26 Å². The van der Waals surface area contributed by atoms with E-state index < -0.39 is 0 Å². The van der Waals surface area contributed by atoms with Crippen LogP contribution in [0.4, 0.5) is 5.69 Å². The molecule has 5 nitrogen and oxygen atoms in total. The van der Waals surface area contributed by atoms with Gasteiger partial charge >= 0.3 is 0 Å². The summed E-state index contributed by atoms with van der Waals surface area (Å²) >= 11 is 0. The zero-order valence-corrected chi connectivity index (χ0v) is 14.0. The molecule has 124 valence electrons. The number of hydrogen-bond donors (Lipinski definition) is 1. The molecule has 1 amide bonds. The molecule has 0 atom stereocenters. The largest absolute Gasteiger partial charge is 0.345 e. The number of carbonyl (C=O) groups excluding carboxylic acids is 1. The molecule has 1 N–H and O–H groups in total. The Balaban J connectivity index is 1.97. The van der Waals surface area contributed by atoms with E-state index in [-0.39, 0.29) is 11.3 Å². The van der Waals surface area contributed by atoms with Crippen LogP contribution in [0.25, 0.3) is 10.9 Å². The number of rotatable bonds is 3. The lowest BCUT2D eigenvalue weighted by atomic mass is 10.1. The summed E-state index contributed by atoms with van der Waals surface area (Å²) in [7, 11) is 0. The maximum atomic E-state index is 12.5. The third-order valence-corrected chi connectivity index (χ3v) is 4.17. The molecule has 5 heteroatoms. The van der Waals surface area contributed by atoms with Gasteiger partial charge in [-0.1, -0.05) is 0 Å². The molecule has 0 saturated heterocycles. The van der Waals surface area contributed by atoms with Gasteiger partial charge in [0.25, 0.3) is 5.91 Å². The summed E-state index contributed by atoms with van der Waals surface area (Å²) in [5, 5.41) is 12.1. The number of nitrogens with one attached hydrogen (secondary N) is 1. The molecule has 0 aliphatic carbocycles. The van der Waals surface area contributed by atoms with Crippen LogP contribution in [0.5, 0.6) is 0 Å². The molecule has 1 aromatic heterocycles. The van der Waals surface area contributed by atoms with Crippen LogP contribution in [0, 0.1) is 18.3 Å². The maximum Gasteiger partial charge on any atom is 0.255 e. The Morgan fingerprint density at radius 1 is 1.16 bits per heavy atom. The molecule has 0 spiro atoms. The van der Waals surface area contributed by atoms with Gasteiger partial charge in [-0.25, -0.2) is 0 Å². The molecule has 0 saturated carbocycles. The summed E-state index contributed by atoms with van der Waals surface area (Å²) in [6, 6.07) is 15.4. The van der Waals surface area contributed by atoms with Crippen LogP contribution < -0.4 is 10.7 Å². The third-order valence-electron chi connectivity index (χ3n) is 4.17. The second-order valence-corrected chi connectivity index (χ2v) is 5.77. The zero-order chi connectivity index (χ0) is 18.0. The molecule has 0 unspecified atom stereocenters. The predicted molar refractivity (Wildman–Crippen MR) is 97.7 cm³/mol. The molecule has 1 heterocycles. The molecule has 0 bridgehead atoms. The van der Waals surface area contributed by atoms with Gasteiger partial charge in [0, 0.05) is 34.9 Å². The second kappa shape index (κ2) is 6.62. The van der Waals surface area contributed by atoms with Crippen molar-refractivity contribution in [1.82, 2.24) is 4.57 Å². The van der Waals surface area contributed by atoms with Crippen LogP contribution in [-0.2, 0) is 6.54 Å². The summed E-state index contributed by atoms with van der Waals surface area (Å²) in [6.45, 7) is 4.66. The first-order valence-electron chi connectivity index (χ1n) is 7.99. The van der Waals surface area contributed by atoms with Crippen molar-refractivity contribution in [2.24, 2.45) is 0 Å².